The Kier molecular flexibility index (Phi) is 53.3. The van der Waals surface area contributed by atoms with Crippen LogP contribution in [-0.4, -0.2) is 96.7 Å². The van der Waals surface area contributed by atoms with Crippen LogP contribution in [0.3, 0.4) is 0 Å². The van der Waals surface area contributed by atoms with Gasteiger partial charge in [-0.2, -0.15) is 0 Å². The third-order valence-corrected chi connectivity index (χ3v) is 15.9. The van der Waals surface area contributed by atoms with Crippen molar-refractivity contribution in [2.45, 2.75) is 304 Å². The molecule has 0 spiro atoms. The summed E-state index contributed by atoms with van der Waals surface area (Å²) in [5.74, 6) is -0.137. The van der Waals surface area contributed by atoms with Gasteiger partial charge in [0.25, 0.3) is 0 Å². The molecule has 0 heterocycles. The Bertz CT molecular complexity index is 1740. The average molecular weight is 1220 g/mol. The van der Waals surface area contributed by atoms with Crippen LogP contribution in [0.2, 0.25) is 0 Å². The number of rotatable bonds is 60. The number of esters is 4. The molecule has 0 rings (SSSR count). The zero-order valence-corrected chi connectivity index (χ0v) is 54.9. The second-order valence-electron chi connectivity index (χ2n) is 23.9. The predicted molar refractivity (Wildman–Crippen MR) is 330 cm³/mol. The van der Waals surface area contributed by atoms with E-state index in [2.05, 4.69) is 72.8 Å². The third kappa shape index (κ3) is 58.3. The number of aliphatic hydroxyl groups is 1. The van der Waals surface area contributed by atoms with E-state index in [1.807, 2.05) is 0 Å². The van der Waals surface area contributed by atoms with E-state index in [4.69, 9.17) is 37.0 Å². The number of carbonyl (C=O) groups is 4. The molecular formula is C64H120O17P2. The smallest absolute Gasteiger partial charge is 0.462 e. The number of carbonyl (C=O) groups excluding carboxylic acids is 4. The van der Waals surface area contributed by atoms with Crippen LogP contribution in [0.25, 0.3) is 0 Å². The Morgan fingerprint density at radius 3 is 0.976 bits per heavy atom. The first kappa shape index (κ1) is 80.5. The van der Waals surface area contributed by atoms with Gasteiger partial charge in [0.1, 0.15) is 19.3 Å². The van der Waals surface area contributed by atoms with Gasteiger partial charge in [-0.1, -0.05) is 233 Å². The van der Waals surface area contributed by atoms with Crippen LogP contribution in [0.1, 0.15) is 286 Å². The van der Waals surface area contributed by atoms with Crippen LogP contribution in [0, 0.1) is 17.8 Å². The van der Waals surface area contributed by atoms with Crippen molar-refractivity contribution in [3.8, 4) is 0 Å². The zero-order chi connectivity index (χ0) is 61.7. The number of phosphoric ester groups is 2. The average Bonchev–Trinajstić information content (AvgIpc) is 3.43. The van der Waals surface area contributed by atoms with Gasteiger partial charge in [-0.15, -0.1) is 0 Å². The quantitative estimate of drug-likeness (QED) is 0.0169. The van der Waals surface area contributed by atoms with Gasteiger partial charge in [0.2, 0.25) is 0 Å². The minimum absolute atomic E-state index is 0.0958. The Hall–Kier alpha value is -2.46. The molecule has 2 unspecified atom stereocenters. The van der Waals surface area contributed by atoms with E-state index < -0.39 is 97.5 Å². The summed E-state index contributed by atoms with van der Waals surface area (Å²) in [7, 11) is -9.90. The Labute approximate surface area is 503 Å². The van der Waals surface area contributed by atoms with Gasteiger partial charge >= 0.3 is 39.5 Å². The summed E-state index contributed by atoms with van der Waals surface area (Å²) < 4.78 is 67.8. The van der Waals surface area contributed by atoms with E-state index in [-0.39, 0.29) is 25.7 Å². The van der Waals surface area contributed by atoms with Gasteiger partial charge in [0.15, 0.2) is 12.2 Å². The molecule has 0 saturated carbocycles. The first-order valence-corrected chi connectivity index (χ1v) is 35.7. The van der Waals surface area contributed by atoms with Crippen molar-refractivity contribution in [3.05, 3.63) is 24.3 Å². The summed E-state index contributed by atoms with van der Waals surface area (Å²) in [6.45, 7) is 11.5. The number of aliphatic hydroxyl groups excluding tert-OH is 1. The molecule has 0 aromatic heterocycles. The van der Waals surface area contributed by atoms with Crippen LogP contribution < -0.4 is 0 Å². The Morgan fingerprint density at radius 2 is 0.651 bits per heavy atom. The number of ether oxygens (including phenoxy) is 4. The van der Waals surface area contributed by atoms with Crippen LogP contribution in [0.5, 0.6) is 0 Å². The fourth-order valence-corrected chi connectivity index (χ4v) is 10.5. The Morgan fingerprint density at radius 1 is 0.373 bits per heavy atom. The molecule has 0 amide bonds. The van der Waals surface area contributed by atoms with E-state index >= 15 is 0 Å². The SMILES string of the molecule is CCCCCC/C=C\C=C/CCCCCCCC(=O)OC[C@H](COP(=O)(O)OC[C@@H](O)COP(=O)(O)OC[C@@H](COC(=O)CCCCCCCCC(C)C)OC(=O)CCCCCCCCC(C)C)OC(=O)CCCCCCCCCC(C)C. The first-order valence-electron chi connectivity index (χ1n) is 32.7. The normalized spacial score (nSPS) is 14.6. The van der Waals surface area contributed by atoms with Crippen molar-refractivity contribution in [1.82, 2.24) is 0 Å². The number of unbranched alkanes of at least 4 members (excludes halogenated alkanes) is 25. The van der Waals surface area contributed by atoms with E-state index in [9.17, 15) is 43.2 Å². The monoisotopic (exact) mass is 1220 g/mol. The van der Waals surface area contributed by atoms with Gasteiger partial charge in [-0.05, 0) is 69.1 Å². The molecule has 0 saturated heterocycles. The maximum atomic E-state index is 13.0. The van der Waals surface area contributed by atoms with E-state index in [1.165, 1.54) is 70.6 Å². The molecule has 0 aliphatic carbocycles. The van der Waals surface area contributed by atoms with Gasteiger partial charge in [-0.25, -0.2) is 9.13 Å². The molecule has 0 aliphatic rings. The van der Waals surface area contributed by atoms with Crippen LogP contribution in [-0.2, 0) is 65.4 Å². The lowest BCUT2D eigenvalue weighted by molar-refractivity contribution is -0.161. The lowest BCUT2D eigenvalue weighted by Crippen LogP contribution is -2.30. The number of hydrogen-bond donors (Lipinski definition) is 3. The molecule has 0 radical (unpaired) electrons. The molecule has 0 aliphatic heterocycles. The van der Waals surface area contributed by atoms with Crippen LogP contribution in [0.15, 0.2) is 24.3 Å². The van der Waals surface area contributed by atoms with Crippen molar-refractivity contribution < 1.29 is 80.2 Å². The highest BCUT2D eigenvalue weighted by molar-refractivity contribution is 7.47. The molecule has 0 aromatic rings. The second kappa shape index (κ2) is 54.9. The highest BCUT2D eigenvalue weighted by atomic mass is 31.2. The van der Waals surface area contributed by atoms with E-state index in [1.54, 1.807) is 0 Å². The van der Waals surface area contributed by atoms with E-state index in [0.717, 1.165) is 116 Å². The third-order valence-electron chi connectivity index (χ3n) is 14.0. The lowest BCUT2D eigenvalue weighted by atomic mass is 10.0. The molecule has 488 valence electrons. The molecule has 17 nitrogen and oxygen atoms in total. The number of phosphoric acid groups is 2. The zero-order valence-electron chi connectivity index (χ0n) is 53.1. The summed E-state index contributed by atoms with van der Waals surface area (Å²) >= 11 is 0. The van der Waals surface area contributed by atoms with E-state index in [0.29, 0.717) is 43.4 Å². The summed E-state index contributed by atoms with van der Waals surface area (Å²) in [5.41, 5.74) is 0. The number of allylic oxidation sites excluding steroid dienone is 4. The molecule has 19 heteroatoms. The summed E-state index contributed by atoms with van der Waals surface area (Å²) in [5, 5.41) is 10.5. The van der Waals surface area contributed by atoms with Gasteiger partial charge in [0.05, 0.1) is 26.4 Å². The number of hydrogen-bond acceptors (Lipinski definition) is 15. The topological polar surface area (TPSA) is 237 Å². The largest absolute Gasteiger partial charge is 0.472 e. The molecule has 0 fully saturated rings. The summed E-state index contributed by atoms with van der Waals surface area (Å²) in [6.07, 6.45) is 38.9. The highest BCUT2D eigenvalue weighted by Gasteiger charge is 2.30. The van der Waals surface area contributed by atoms with Crippen LogP contribution in [0.4, 0.5) is 0 Å². The van der Waals surface area contributed by atoms with Gasteiger partial charge in [-0.3, -0.25) is 37.3 Å². The first-order chi connectivity index (χ1) is 39.7. The summed E-state index contributed by atoms with van der Waals surface area (Å²) in [4.78, 5) is 72.1. The maximum absolute atomic E-state index is 13.0. The maximum Gasteiger partial charge on any atom is 0.472 e. The van der Waals surface area contributed by atoms with Crippen molar-refractivity contribution in [3.63, 3.8) is 0 Å². The summed E-state index contributed by atoms with van der Waals surface area (Å²) in [6, 6.07) is 0. The molecule has 3 N–H and O–H groups in total. The highest BCUT2D eigenvalue weighted by Crippen LogP contribution is 2.45. The second-order valence-corrected chi connectivity index (χ2v) is 26.8. The van der Waals surface area contributed by atoms with Gasteiger partial charge < -0.3 is 33.8 Å². The fraction of sp³-hybridized carbons (Fsp3) is 0.875. The minimum Gasteiger partial charge on any atom is -0.462 e. The van der Waals surface area contributed by atoms with Crippen molar-refractivity contribution in [1.29, 1.82) is 0 Å². The van der Waals surface area contributed by atoms with Crippen molar-refractivity contribution in [2.24, 2.45) is 17.8 Å². The Balaban J connectivity index is 5.25. The molecule has 0 bridgehead atoms. The minimum atomic E-state index is -4.95. The molecule has 5 atom stereocenters. The van der Waals surface area contributed by atoms with Crippen molar-refractivity contribution >= 4 is 39.5 Å². The lowest BCUT2D eigenvalue weighted by Gasteiger charge is -2.21. The van der Waals surface area contributed by atoms with Gasteiger partial charge in [0, 0.05) is 25.7 Å². The fourth-order valence-electron chi connectivity index (χ4n) is 8.94. The molecular weight excluding hydrogens is 1100 g/mol. The standard InChI is InChI=1S/C64H120O17P2/c1-8-9-10-11-12-13-14-15-16-17-18-19-22-31-38-45-61(66)74-51-59(80-63(68)47-40-33-23-20-21-28-35-42-55(2)3)53-78-82(70,71)76-49-58(65)50-77-83(72,73)79-54-60(81-64(69)48-41-34-27-25-30-37-44-57(6)7)52-75-62(67)46-39-32-26-24-29-36-43-56(4)5/h13-16,55-60,65H,8-12,17-54H2,1-7H3,(H,70,71)(H,72,73)/b14-13-,16-15-/t58-,59-,60-/m1/s1. The van der Waals surface area contributed by atoms with Crippen LogP contribution >= 0.6 is 15.6 Å². The molecule has 83 heavy (non-hydrogen) atoms. The van der Waals surface area contributed by atoms with Crippen molar-refractivity contribution in [2.75, 3.05) is 39.6 Å². The predicted octanol–water partition coefficient (Wildman–Crippen LogP) is 17.1. The molecule has 0 aromatic carbocycles.